The zero-order valence-corrected chi connectivity index (χ0v) is 22.2. The van der Waals surface area contributed by atoms with Crippen molar-refractivity contribution in [3.63, 3.8) is 0 Å². The molecule has 0 unspecified atom stereocenters. The van der Waals surface area contributed by atoms with Crippen molar-refractivity contribution in [3.05, 3.63) is 117 Å². The monoisotopic (exact) mass is 518 g/mol. The standard InChI is InChI=1S/C34H31Br/c1-3-22-16-18-33(2,19-17-22)23-12-14-27-28-15-13-24(35)21-32(28)34(31(27)20-23)29-10-6-4-8-25(29)26-9-5-7-11-30(26)34/h4-15,20-22H,3,16-19H2,1-2H3. The van der Waals surface area contributed by atoms with Crippen LogP contribution in [0.25, 0.3) is 22.3 Å². The minimum atomic E-state index is -0.255. The molecule has 0 aliphatic heterocycles. The van der Waals surface area contributed by atoms with Gasteiger partial charge in [0, 0.05) is 4.47 Å². The van der Waals surface area contributed by atoms with Gasteiger partial charge in [0.2, 0.25) is 0 Å². The average Bonchev–Trinajstić information content (AvgIpc) is 3.36. The summed E-state index contributed by atoms with van der Waals surface area (Å²) < 4.78 is 1.15. The van der Waals surface area contributed by atoms with Crippen LogP contribution in [0.15, 0.2) is 89.4 Å². The Morgan fingerprint density at radius 3 is 1.86 bits per heavy atom. The number of fused-ring (bicyclic) bond motifs is 10. The summed E-state index contributed by atoms with van der Waals surface area (Å²) in [6.45, 7) is 4.87. The van der Waals surface area contributed by atoms with Crippen molar-refractivity contribution in [1.29, 1.82) is 0 Å². The maximum Gasteiger partial charge on any atom is 0.0726 e. The van der Waals surface area contributed by atoms with Crippen LogP contribution in [0.3, 0.4) is 0 Å². The molecule has 0 amide bonds. The number of benzene rings is 4. The number of hydrogen-bond acceptors (Lipinski definition) is 0. The van der Waals surface area contributed by atoms with Crippen LogP contribution in [0.1, 0.15) is 73.8 Å². The first kappa shape index (κ1) is 21.6. The van der Waals surface area contributed by atoms with Crippen LogP contribution in [0.4, 0.5) is 0 Å². The van der Waals surface area contributed by atoms with Crippen LogP contribution in [-0.2, 0) is 10.8 Å². The van der Waals surface area contributed by atoms with Crippen molar-refractivity contribution in [3.8, 4) is 22.3 Å². The van der Waals surface area contributed by atoms with Crippen molar-refractivity contribution in [2.45, 2.75) is 56.8 Å². The Morgan fingerprint density at radius 2 is 1.23 bits per heavy atom. The molecule has 1 fully saturated rings. The van der Waals surface area contributed by atoms with Gasteiger partial charge in [-0.2, -0.15) is 0 Å². The second-order valence-electron chi connectivity index (χ2n) is 11.2. The van der Waals surface area contributed by atoms with Crippen LogP contribution in [0.5, 0.6) is 0 Å². The van der Waals surface area contributed by atoms with Crippen LogP contribution < -0.4 is 0 Å². The molecule has 0 atom stereocenters. The number of hydrogen-bond donors (Lipinski definition) is 0. The van der Waals surface area contributed by atoms with E-state index in [0.29, 0.717) is 0 Å². The molecule has 1 saturated carbocycles. The van der Waals surface area contributed by atoms with E-state index in [2.05, 4.69) is 115 Å². The van der Waals surface area contributed by atoms with E-state index in [0.717, 1.165) is 10.4 Å². The first-order valence-corrected chi connectivity index (χ1v) is 14.0. The first-order valence-electron chi connectivity index (χ1n) is 13.2. The third-order valence-corrected chi connectivity index (χ3v) is 10.0. The lowest BCUT2D eigenvalue weighted by Crippen LogP contribution is -2.30. The molecular formula is C34H31Br. The second-order valence-corrected chi connectivity index (χ2v) is 12.1. The van der Waals surface area contributed by atoms with Crippen molar-refractivity contribution in [2.75, 3.05) is 0 Å². The van der Waals surface area contributed by atoms with Crippen molar-refractivity contribution >= 4 is 15.9 Å². The quantitative estimate of drug-likeness (QED) is 0.214. The minimum Gasteiger partial charge on any atom is -0.0651 e. The Kier molecular flexibility index (Phi) is 4.74. The highest BCUT2D eigenvalue weighted by atomic mass is 79.9. The van der Waals surface area contributed by atoms with Crippen LogP contribution >= 0.6 is 15.9 Å². The Balaban J connectivity index is 1.52. The lowest BCUT2D eigenvalue weighted by Gasteiger charge is -2.39. The molecule has 1 spiro atoms. The molecule has 3 aliphatic carbocycles. The lowest BCUT2D eigenvalue weighted by atomic mass is 9.65. The van der Waals surface area contributed by atoms with Crippen molar-refractivity contribution in [2.24, 2.45) is 5.92 Å². The molecule has 7 rings (SSSR count). The van der Waals surface area contributed by atoms with Crippen molar-refractivity contribution < 1.29 is 0 Å². The summed E-state index contributed by atoms with van der Waals surface area (Å²) in [6, 6.07) is 32.6. The zero-order chi connectivity index (χ0) is 23.8. The summed E-state index contributed by atoms with van der Waals surface area (Å²) in [6.07, 6.45) is 6.62. The van der Waals surface area contributed by atoms with Gasteiger partial charge in [-0.3, -0.25) is 0 Å². The predicted octanol–water partition coefficient (Wildman–Crippen LogP) is 9.65. The SMILES string of the molecule is CCC1CCC(C)(c2ccc3c(c2)C2(c4ccccc4-c4ccccc42)c2cc(Br)ccc2-3)CC1. The summed E-state index contributed by atoms with van der Waals surface area (Å²) in [5.41, 5.74) is 12.8. The average molecular weight is 520 g/mol. The third-order valence-electron chi connectivity index (χ3n) is 9.53. The lowest BCUT2D eigenvalue weighted by molar-refractivity contribution is 0.243. The van der Waals surface area contributed by atoms with Gasteiger partial charge in [-0.15, -0.1) is 0 Å². The smallest absolute Gasteiger partial charge is 0.0651 e. The van der Waals surface area contributed by atoms with Gasteiger partial charge in [0.1, 0.15) is 0 Å². The highest BCUT2D eigenvalue weighted by molar-refractivity contribution is 9.10. The Hall–Kier alpha value is -2.64. The summed E-state index contributed by atoms with van der Waals surface area (Å²) in [5.74, 6) is 0.902. The van der Waals surface area contributed by atoms with Gasteiger partial charge in [-0.05, 0) is 99.2 Å². The molecule has 0 radical (unpaired) electrons. The van der Waals surface area contributed by atoms with Gasteiger partial charge in [0.15, 0.2) is 0 Å². The summed E-state index contributed by atoms with van der Waals surface area (Å²) >= 11 is 3.82. The maximum absolute atomic E-state index is 3.82. The van der Waals surface area contributed by atoms with E-state index in [1.54, 1.807) is 0 Å². The molecule has 4 aromatic carbocycles. The molecule has 0 bridgehead atoms. The Labute approximate surface area is 217 Å². The van der Waals surface area contributed by atoms with E-state index >= 15 is 0 Å². The van der Waals surface area contributed by atoms with Gasteiger partial charge in [0.25, 0.3) is 0 Å². The first-order chi connectivity index (χ1) is 17.1. The van der Waals surface area contributed by atoms with Gasteiger partial charge >= 0.3 is 0 Å². The molecule has 0 heterocycles. The van der Waals surface area contributed by atoms with E-state index < -0.39 is 0 Å². The molecule has 0 saturated heterocycles. The van der Waals surface area contributed by atoms with Crippen LogP contribution in [0, 0.1) is 5.92 Å². The molecule has 0 aromatic heterocycles. The molecule has 4 aromatic rings. The van der Waals surface area contributed by atoms with Gasteiger partial charge in [-0.25, -0.2) is 0 Å². The second kappa shape index (κ2) is 7.68. The zero-order valence-electron chi connectivity index (χ0n) is 20.6. The number of rotatable bonds is 2. The summed E-state index contributed by atoms with van der Waals surface area (Å²) in [7, 11) is 0. The molecule has 0 nitrogen and oxygen atoms in total. The van der Waals surface area contributed by atoms with E-state index in [9.17, 15) is 0 Å². The van der Waals surface area contributed by atoms with Crippen LogP contribution in [0.2, 0.25) is 0 Å². The molecule has 174 valence electrons. The maximum atomic E-state index is 3.82. The highest BCUT2D eigenvalue weighted by Gasteiger charge is 2.52. The van der Waals surface area contributed by atoms with Gasteiger partial charge in [0.05, 0.1) is 5.41 Å². The fourth-order valence-corrected chi connectivity index (χ4v) is 7.86. The minimum absolute atomic E-state index is 0.255. The molecule has 0 N–H and O–H groups in total. The molecular weight excluding hydrogens is 488 g/mol. The normalized spacial score (nSPS) is 23.0. The topological polar surface area (TPSA) is 0 Å². The summed E-state index contributed by atoms with van der Waals surface area (Å²) in [5, 5.41) is 0. The molecule has 3 aliphatic rings. The van der Waals surface area contributed by atoms with E-state index in [1.165, 1.54) is 82.2 Å². The van der Waals surface area contributed by atoms with Gasteiger partial charge in [-0.1, -0.05) is 109 Å². The fraction of sp³-hybridized carbons (Fsp3) is 0.294. The fourth-order valence-electron chi connectivity index (χ4n) is 7.50. The predicted molar refractivity (Wildman–Crippen MR) is 150 cm³/mol. The third kappa shape index (κ3) is 2.85. The Bertz CT molecular complexity index is 1420. The molecule has 1 heteroatoms. The van der Waals surface area contributed by atoms with E-state index in [-0.39, 0.29) is 10.8 Å². The molecule has 35 heavy (non-hydrogen) atoms. The van der Waals surface area contributed by atoms with Crippen molar-refractivity contribution in [1.82, 2.24) is 0 Å². The van der Waals surface area contributed by atoms with Gasteiger partial charge < -0.3 is 0 Å². The highest BCUT2D eigenvalue weighted by Crippen LogP contribution is 2.63. The van der Waals surface area contributed by atoms with Crippen LogP contribution in [-0.4, -0.2) is 0 Å². The van der Waals surface area contributed by atoms with E-state index in [1.807, 2.05) is 0 Å². The number of halogens is 1. The van der Waals surface area contributed by atoms with E-state index in [4.69, 9.17) is 0 Å². The largest absolute Gasteiger partial charge is 0.0726 e. The summed E-state index contributed by atoms with van der Waals surface area (Å²) in [4.78, 5) is 0. The Morgan fingerprint density at radius 1 is 0.686 bits per heavy atom.